The number of thiophene rings is 1. The summed E-state index contributed by atoms with van der Waals surface area (Å²) < 4.78 is 6.85. The molecule has 0 saturated carbocycles. The molecule has 2 nitrogen and oxygen atoms in total. The first-order valence-electron chi connectivity index (χ1n) is 6.02. The second kappa shape index (κ2) is 5.43. The number of halogens is 1. The Morgan fingerprint density at radius 1 is 1.28 bits per heavy atom. The van der Waals surface area contributed by atoms with Crippen LogP contribution in [0.5, 0.6) is 5.75 Å². The molecule has 18 heavy (non-hydrogen) atoms. The summed E-state index contributed by atoms with van der Waals surface area (Å²) >= 11 is 5.28. The van der Waals surface area contributed by atoms with Gasteiger partial charge in [-0.15, -0.1) is 11.3 Å². The number of hydrogen-bond donors (Lipinski definition) is 1. The van der Waals surface area contributed by atoms with Crippen molar-refractivity contribution in [3.8, 4) is 5.75 Å². The summed E-state index contributed by atoms with van der Waals surface area (Å²) in [4.78, 5) is 1.35. The molecule has 0 saturated heterocycles. The third-order valence-corrected chi connectivity index (χ3v) is 4.73. The minimum Gasteiger partial charge on any atom is -0.493 e. The van der Waals surface area contributed by atoms with E-state index in [1.54, 1.807) is 11.3 Å². The molecule has 1 unspecified atom stereocenters. The summed E-state index contributed by atoms with van der Waals surface area (Å²) in [5.74, 6) is 1.02. The van der Waals surface area contributed by atoms with Crippen LogP contribution in [0, 0.1) is 0 Å². The Bertz CT molecular complexity index is 540. The van der Waals surface area contributed by atoms with Gasteiger partial charge < -0.3 is 10.1 Å². The molecule has 2 heterocycles. The lowest BCUT2D eigenvalue weighted by molar-refractivity contribution is 0.252. The molecule has 1 aromatic heterocycles. The summed E-state index contributed by atoms with van der Waals surface area (Å²) in [6.07, 6.45) is 1.03. The molecule has 0 fully saturated rings. The number of benzene rings is 1. The number of nitrogens with one attached hydrogen (secondary N) is 1. The molecule has 1 aliphatic rings. The van der Waals surface area contributed by atoms with E-state index >= 15 is 0 Å². The van der Waals surface area contributed by atoms with Crippen molar-refractivity contribution >= 4 is 27.3 Å². The highest BCUT2D eigenvalue weighted by Gasteiger charge is 2.20. The smallest absolute Gasteiger partial charge is 0.124 e. The van der Waals surface area contributed by atoms with Crippen LogP contribution in [0.4, 0.5) is 0 Å². The molecule has 1 atom stereocenters. The van der Waals surface area contributed by atoms with Crippen molar-refractivity contribution < 1.29 is 4.74 Å². The van der Waals surface area contributed by atoms with Crippen molar-refractivity contribution in [1.29, 1.82) is 0 Å². The summed E-state index contributed by atoms with van der Waals surface area (Å²) in [6, 6.07) is 13.0. The normalized spacial score (nSPS) is 18.2. The fourth-order valence-electron chi connectivity index (χ4n) is 2.22. The van der Waals surface area contributed by atoms with Gasteiger partial charge in [0.1, 0.15) is 5.75 Å². The van der Waals surface area contributed by atoms with Crippen LogP contribution in [-0.4, -0.2) is 6.61 Å². The van der Waals surface area contributed by atoms with Crippen molar-refractivity contribution in [3.63, 3.8) is 0 Å². The van der Waals surface area contributed by atoms with Gasteiger partial charge in [0.25, 0.3) is 0 Å². The van der Waals surface area contributed by atoms with Crippen LogP contribution in [0.2, 0.25) is 0 Å². The Balaban J connectivity index is 1.71. The minimum absolute atomic E-state index is 0.399. The first kappa shape index (κ1) is 12.2. The molecule has 0 radical (unpaired) electrons. The van der Waals surface area contributed by atoms with Gasteiger partial charge in [-0.2, -0.15) is 0 Å². The Labute approximate surface area is 119 Å². The Kier molecular flexibility index (Phi) is 3.68. The van der Waals surface area contributed by atoms with Gasteiger partial charge in [-0.05, 0) is 34.1 Å². The van der Waals surface area contributed by atoms with Gasteiger partial charge in [0, 0.05) is 29.4 Å². The standard InChI is InChI=1S/C14H14BrNOS/c15-14-6-5-10(18-14)9-16-12-7-8-17-13-4-2-1-3-11(12)13/h1-6,12,16H,7-9H2. The molecule has 4 heteroatoms. The molecule has 1 aliphatic heterocycles. The van der Waals surface area contributed by atoms with Crippen LogP contribution >= 0.6 is 27.3 Å². The van der Waals surface area contributed by atoms with E-state index in [-0.39, 0.29) is 0 Å². The topological polar surface area (TPSA) is 21.3 Å². The first-order chi connectivity index (χ1) is 8.83. The third kappa shape index (κ3) is 2.60. The highest BCUT2D eigenvalue weighted by atomic mass is 79.9. The van der Waals surface area contributed by atoms with Crippen LogP contribution in [0.3, 0.4) is 0 Å². The van der Waals surface area contributed by atoms with E-state index < -0.39 is 0 Å². The van der Waals surface area contributed by atoms with Gasteiger partial charge >= 0.3 is 0 Å². The fraction of sp³-hybridized carbons (Fsp3) is 0.286. The largest absolute Gasteiger partial charge is 0.493 e. The molecule has 0 aliphatic carbocycles. The number of ether oxygens (including phenoxy) is 1. The zero-order valence-corrected chi connectivity index (χ0v) is 12.3. The second-order valence-corrected chi connectivity index (χ2v) is 6.86. The maximum Gasteiger partial charge on any atom is 0.124 e. The molecule has 2 aromatic rings. The van der Waals surface area contributed by atoms with Crippen LogP contribution < -0.4 is 10.1 Å². The van der Waals surface area contributed by atoms with E-state index in [0.717, 1.165) is 25.3 Å². The Morgan fingerprint density at radius 2 is 2.17 bits per heavy atom. The molecular formula is C14H14BrNOS. The van der Waals surface area contributed by atoms with Gasteiger partial charge in [-0.3, -0.25) is 0 Å². The Morgan fingerprint density at radius 3 is 3.00 bits per heavy atom. The highest BCUT2D eigenvalue weighted by molar-refractivity contribution is 9.11. The van der Waals surface area contributed by atoms with Gasteiger partial charge in [0.05, 0.1) is 10.4 Å². The number of hydrogen-bond acceptors (Lipinski definition) is 3. The fourth-order valence-corrected chi connectivity index (χ4v) is 3.66. The molecular weight excluding hydrogens is 310 g/mol. The maximum atomic E-state index is 5.66. The lowest BCUT2D eigenvalue weighted by Gasteiger charge is -2.26. The van der Waals surface area contributed by atoms with Gasteiger partial charge in [-0.25, -0.2) is 0 Å². The van der Waals surface area contributed by atoms with E-state index in [0.29, 0.717) is 6.04 Å². The zero-order chi connectivity index (χ0) is 12.4. The number of fused-ring (bicyclic) bond motifs is 1. The van der Waals surface area contributed by atoms with Crippen molar-refractivity contribution in [2.45, 2.75) is 19.0 Å². The van der Waals surface area contributed by atoms with Crippen LogP contribution in [-0.2, 0) is 6.54 Å². The van der Waals surface area contributed by atoms with E-state index in [1.807, 2.05) is 12.1 Å². The van der Waals surface area contributed by atoms with E-state index in [1.165, 1.54) is 14.2 Å². The summed E-state index contributed by atoms with van der Waals surface area (Å²) in [6.45, 7) is 1.71. The quantitative estimate of drug-likeness (QED) is 0.917. The molecule has 1 N–H and O–H groups in total. The number of rotatable bonds is 3. The molecule has 0 spiro atoms. The summed E-state index contributed by atoms with van der Waals surface area (Å²) in [7, 11) is 0. The van der Waals surface area contributed by atoms with E-state index in [2.05, 4.69) is 45.5 Å². The highest BCUT2D eigenvalue weighted by Crippen LogP contribution is 2.32. The predicted molar refractivity (Wildman–Crippen MR) is 78.2 cm³/mol. The molecule has 0 bridgehead atoms. The first-order valence-corrected chi connectivity index (χ1v) is 7.63. The van der Waals surface area contributed by atoms with Crippen LogP contribution in [0.25, 0.3) is 0 Å². The second-order valence-electron chi connectivity index (χ2n) is 4.31. The summed E-state index contributed by atoms with van der Waals surface area (Å²) in [5, 5.41) is 3.62. The van der Waals surface area contributed by atoms with Crippen molar-refractivity contribution in [2.75, 3.05) is 6.61 Å². The average Bonchev–Trinajstić information content (AvgIpc) is 2.82. The monoisotopic (exact) mass is 323 g/mol. The van der Waals surface area contributed by atoms with Gasteiger partial charge in [-0.1, -0.05) is 18.2 Å². The van der Waals surface area contributed by atoms with E-state index in [4.69, 9.17) is 4.74 Å². The van der Waals surface area contributed by atoms with Gasteiger partial charge in [0.15, 0.2) is 0 Å². The average molecular weight is 324 g/mol. The molecule has 0 amide bonds. The minimum atomic E-state index is 0.399. The molecule has 3 rings (SSSR count). The lowest BCUT2D eigenvalue weighted by Crippen LogP contribution is -2.26. The predicted octanol–water partition coefficient (Wildman–Crippen LogP) is 4.12. The maximum absolute atomic E-state index is 5.66. The van der Waals surface area contributed by atoms with E-state index in [9.17, 15) is 0 Å². The van der Waals surface area contributed by atoms with Crippen LogP contribution in [0.15, 0.2) is 40.2 Å². The van der Waals surface area contributed by atoms with Crippen molar-refractivity contribution in [2.24, 2.45) is 0 Å². The SMILES string of the molecule is Brc1ccc(CNC2CCOc3ccccc32)s1. The molecule has 94 valence electrons. The Hall–Kier alpha value is -0.840. The van der Waals surface area contributed by atoms with Crippen molar-refractivity contribution in [1.82, 2.24) is 5.32 Å². The van der Waals surface area contributed by atoms with Gasteiger partial charge in [0.2, 0.25) is 0 Å². The zero-order valence-electron chi connectivity index (χ0n) is 9.86. The number of para-hydroxylation sites is 1. The van der Waals surface area contributed by atoms with Crippen LogP contribution in [0.1, 0.15) is 22.9 Å². The third-order valence-electron chi connectivity index (χ3n) is 3.11. The molecule has 1 aromatic carbocycles. The summed E-state index contributed by atoms with van der Waals surface area (Å²) in [5.41, 5.74) is 1.28. The van der Waals surface area contributed by atoms with Crippen molar-refractivity contribution in [3.05, 3.63) is 50.6 Å². The lowest BCUT2D eigenvalue weighted by atomic mass is 10.0.